The Morgan fingerprint density at radius 3 is 2.86 bits per heavy atom. The van der Waals surface area contributed by atoms with Crippen molar-refractivity contribution in [1.29, 1.82) is 0 Å². The molecule has 1 aromatic carbocycles. The quantitative estimate of drug-likeness (QED) is 0.326. The molecule has 0 unspecified atom stereocenters. The minimum absolute atomic E-state index is 0.0253. The highest BCUT2D eigenvalue weighted by molar-refractivity contribution is 7.22. The molecule has 0 saturated heterocycles. The summed E-state index contributed by atoms with van der Waals surface area (Å²) in [5.41, 5.74) is 5.76. The molecule has 0 aliphatic heterocycles. The van der Waals surface area contributed by atoms with Gasteiger partial charge in [-0.15, -0.1) is 0 Å². The lowest BCUT2D eigenvalue weighted by molar-refractivity contribution is -0.380. The number of hydrogen-bond acceptors (Lipinski definition) is 5. The van der Waals surface area contributed by atoms with Crippen molar-refractivity contribution in [1.82, 2.24) is 0 Å². The van der Waals surface area contributed by atoms with Crippen molar-refractivity contribution in [2.75, 3.05) is 5.73 Å². The maximum atomic E-state index is 10.5. The third kappa shape index (κ3) is 1.16. The highest BCUT2D eigenvalue weighted by atomic mass is 32.1. The minimum atomic E-state index is -0.471. The van der Waals surface area contributed by atoms with Crippen molar-refractivity contribution in [3.8, 4) is 5.75 Å². The Kier molecular flexibility index (Phi) is 1.78. The van der Waals surface area contributed by atoms with Crippen LogP contribution in [0.4, 0.5) is 10.7 Å². The van der Waals surface area contributed by atoms with Gasteiger partial charge in [-0.1, -0.05) is 11.3 Å². The number of aromatic hydroxyl groups is 1. The van der Waals surface area contributed by atoms with Crippen molar-refractivity contribution in [2.45, 2.75) is 0 Å². The van der Waals surface area contributed by atoms with Crippen LogP contribution in [0, 0.1) is 10.1 Å². The van der Waals surface area contributed by atoms with E-state index in [0.717, 1.165) is 11.3 Å². The molecule has 0 fully saturated rings. The number of thiophene rings is 1. The van der Waals surface area contributed by atoms with E-state index in [-0.39, 0.29) is 16.4 Å². The molecule has 0 amide bonds. The van der Waals surface area contributed by atoms with Crippen molar-refractivity contribution < 1.29 is 10.0 Å². The van der Waals surface area contributed by atoms with E-state index >= 15 is 0 Å². The van der Waals surface area contributed by atoms with Crippen LogP contribution in [0.2, 0.25) is 0 Å². The van der Waals surface area contributed by atoms with E-state index in [4.69, 9.17) is 5.73 Å². The number of fused-ring (bicyclic) bond motifs is 1. The lowest BCUT2D eigenvalue weighted by atomic mass is 10.2. The van der Waals surface area contributed by atoms with Crippen molar-refractivity contribution >= 4 is 32.1 Å². The Labute approximate surface area is 82.5 Å². The van der Waals surface area contributed by atoms with E-state index in [1.54, 1.807) is 6.07 Å². The summed E-state index contributed by atoms with van der Waals surface area (Å²) in [6.07, 6.45) is 0. The molecule has 1 heterocycles. The van der Waals surface area contributed by atoms with Gasteiger partial charge < -0.3 is 10.8 Å². The highest BCUT2D eigenvalue weighted by Gasteiger charge is 2.14. The number of phenols is 1. The smallest absolute Gasteiger partial charge is 0.325 e. The summed E-state index contributed by atoms with van der Waals surface area (Å²) in [6.45, 7) is 0. The van der Waals surface area contributed by atoms with Gasteiger partial charge in [0.05, 0.1) is 15.3 Å². The highest BCUT2D eigenvalue weighted by Crippen LogP contribution is 2.38. The average Bonchev–Trinajstić information content (AvgIpc) is 2.56. The standard InChI is InChI=1S/C8H6N2O3S/c9-7-5(11)2-1-4-3-6(10(12)13)14-8(4)7/h1-3,11H,9H2. The molecule has 72 valence electrons. The van der Waals surface area contributed by atoms with E-state index in [2.05, 4.69) is 0 Å². The number of nitro groups is 1. The number of nitrogens with two attached hydrogens (primary N) is 1. The Bertz CT molecular complexity index is 521. The van der Waals surface area contributed by atoms with E-state index < -0.39 is 4.92 Å². The number of phenolic OH excluding ortho intramolecular Hbond substituents is 1. The van der Waals surface area contributed by atoms with Crippen molar-refractivity contribution in [2.24, 2.45) is 0 Å². The van der Waals surface area contributed by atoms with Crippen LogP contribution in [-0.4, -0.2) is 10.0 Å². The maximum Gasteiger partial charge on any atom is 0.325 e. The summed E-state index contributed by atoms with van der Waals surface area (Å²) in [4.78, 5) is 10.0. The summed E-state index contributed by atoms with van der Waals surface area (Å²) in [5.74, 6) is -0.0470. The predicted molar refractivity (Wildman–Crippen MR) is 54.6 cm³/mol. The first-order valence-corrected chi connectivity index (χ1v) is 4.56. The summed E-state index contributed by atoms with van der Waals surface area (Å²) in [6, 6.07) is 4.47. The van der Waals surface area contributed by atoms with Gasteiger partial charge in [0.2, 0.25) is 0 Å². The number of anilines is 1. The first-order chi connectivity index (χ1) is 6.59. The van der Waals surface area contributed by atoms with Crippen LogP contribution in [0.3, 0.4) is 0 Å². The van der Waals surface area contributed by atoms with Gasteiger partial charge in [-0.25, -0.2) is 0 Å². The topological polar surface area (TPSA) is 89.4 Å². The van der Waals surface area contributed by atoms with Crippen LogP contribution < -0.4 is 5.73 Å². The van der Waals surface area contributed by atoms with Gasteiger partial charge in [0.25, 0.3) is 0 Å². The molecule has 1 aromatic heterocycles. The zero-order valence-electron chi connectivity index (χ0n) is 6.93. The number of rotatable bonds is 1. The molecular weight excluding hydrogens is 204 g/mol. The van der Waals surface area contributed by atoms with Gasteiger partial charge in [0.15, 0.2) is 0 Å². The number of benzene rings is 1. The Morgan fingerprint density at radius 1 is 1.50 bits per heavy atom. The molecule has 14 heavy (non-hydrogen) atoms. The fourth-order valence-corrected chi connectivity index (χ4v) is 2.12. The molecule has 0 bridgehead atoms. The lowest BCUT2D eigenvalue weighted by Crippen LogP contribution is -1.84. The second-order valence-corrected chi connectivity index (χ2v) is 3.79. The van der Waals surface area contributed by atoms with Gasteiger partial charge in [-0.3, -0.25) is 10.1 Å². The van der Waals surface area contributed by atoms with Gasteiger partial charge >= 0.3 is 5.00 Å². The molecule has 0 aliphatic carbocycles. The number of nitrogens with zero attached hydrogens (tertiary/aromatic N) is 1. The minimum Gasteiger partial charge on any atom is -0.506 e. The SMILES string of the molecule is Nc1c(O)ccc2cc([N+](=O)[O-])sc12. The predicted octanol–water partition coefficient (Wildman–Crippen LogP) is 2.10. The van der Waals surface area contributed by atoms with Crippen LogP contribution >= 0.6 is 11.3 Å². The van der Waals surface area contributed by atoms with Gasteiger partial charge in [0, 0.05) is 11.5 Å². The summed E-state index contributed by atoms with van der Waals surface area (Å²) in [7, 11) is 0. The van der Waals surface area contributed by atoms with Gasteiger partial charge in [-0.05, 0) is 12.1 Å². The van der Waals surface area contributed by atoms with Crippen molar-refractivity contribution in [3.63, 3.8) is 0 Å². The Balaban J connectivity index is 2.77. The second kappa shape index (κ2) is 2.85. The maximum absolute atomic E-state index is 10.5. The third-order valence-electron chi connectivity index (χ3n) is 1.87. The van der Waals surface area contributed by atoms with Crippen molar-refractivity contribution in [3.05, 3.63) is 28.3 Å². The molecule has 2 aromatic rings. The molecule has 2 rings (SSSR count). The van der Waals surface area contributed by atoms with Gasteiger partial charge in [-0.2, -0.15) is 0 Å². The molecule has 6 heteroatoms. The molecule has 0 atom stereocenters. The summed E-state index contributed by atoms with van der Waals surface area (Å²) < 4.78 is 0.552. The van der Waals surface area contributed by atoms with E-state index in [1.807, 2.05) is 0 Å². The fourth-order valence-electron chi connectivity index (χ4n) is 1.19. The van der Waals surface area contributed by atoms with E-state index in [1.165, 1.54) is 12.1 Å². The molecule has 5 nitrogen and oxygen atoms in total. The fraction of sp³-hybridized carbons (Fsp3) is 0. The first-order valence-electron chi connectivity index (χ1n) is 3.75. The van der Waals surface area contributed by atoms with Gasteiger partial charge in [0.1, 0.15) is 5.75 Å². The second-order valence-electron chi connectivity index (χ2n) is 2.76. The summed E-state index contributed by atoms with van der Waals surface area (Å²) >= 11 is 0.962. The zero-order chi connectivity index (χ0) is 10.3. The number of nitrogen functional groups attached to an aromatic ring is 1. The Hall–Kier alpha value is -1.82. The normalized spacial score (nSPS) is 10.6. The monoisotopic (exact) mass is 210 g/mol. The van der Waals surface area contributed by atoms with Crippen LogP contribution in [-0.2, 0) is 0 Å². The molecule has 0 radical (unpaired) electrons. The van der Waals surface area contributed by atoms with E-state index in [0.29, 0.717) is 10.1 Å². The molecule has 3 N–H and O–H groups in total. The lowest BCUT2D eigenvalue weighted by Gasteiger charge is -1.97. The van der Waals surface area contributed by atoms with E-state index in [9.17, 15) is 15.2 Å². The summed E-state index contributed by atoms with van der Waals surface area (Å²) in [5, 5.41) is 20.5. The van der Waals surface area contributed by atoms with Crippen LogP contribution in [0.25, 0.3) is 10.1 Å². The molecule has 0 aliphatic rings. The molecule has 0 saturated carbocycles. The first kappa shape index (κ1) is 8.76. The zero-order valence-corrected chi connectivity index (χ0v) is 7.75. The van der Waals surface area contributed by atoms with Crippen LogP contribution in [0.5, 0.6) is 5.75 Å². The number of hydrogen-bond donors (Lipinski definition) is 2. The molecule has 0 spiro atoms. The molecular formula is C8H6N2O3S. The third-order valence-corrected chi connectivity index (χ3v) is 3.00. The Morgan fingerprint density at radius 2 is 2.21 bits per heavy atom. The largest absolute Gasteiger partial charge is 0.506 e. The van der Waals surface area contributed by atoms with Crippen LogP contribution in [0.1, 0.15) is 0 Å². The van der Waals surface area contributed by atoms with Crippen LogP contribution in [0.15, 0.2) is 18.2 Å². The average molecular weight is 210 g/mol.